The van der Waals surface area contributed by atoms with Crippen molar-refractivity contribution >= 4 is 17.9 Å². The van der Waals surface area contributed by atoms with Crippen molar-refractivity contribution in [2.24, 2.45) is 0 Å². The molecular weight excluding hydrogens is 314 g/mol. The van der Waals surface area contributed by atoms with Crippen LogP contribution in [0.15, 0.2) is 22.8 Å². The lowest BCUT2D eigenvalue weighted by molar-refractivity contribution is -0.120. The summed E-state index contributed by atoms with van der Waals surface area (Å²) in [5, 5.41) is 7.90. The van der Waals surface area contributed by atoms with Crippen molar-refractivity contribution in [3.05, 3.63) is 24.2 Å². The number of hydrogen-bond donors (Lipinski definition) is 3. The van der Waals surface area contributed by atoms with Crippen LogP contribution in [0.5, 0.6) is 0 Å². The van der Waals surface area contributed by atoms with Gasteiger partial charge in [-0.25, -0.2) is 4.79 Å². The molecule has 0 aromatic carbocycles. The third-order valence-electron chi connectivity index (χ3n) is 2.73. The van der Waals surface area contributed by atoms with Gasteiger partial charge in [0.1, 0.15) is 5.60 Å². The number of nitrogens with one attached hydrogen (secondary N) is 3. The van der Waals surface area contributed by atoms with Crippen molar-refractivity contribution in [2.45, 2.75) is 39.2 Å². The molecule has 0 saturated carbocycles. The van der Waals surface area contributed by atoms with Gasteiger partial charge in [-0.15, -0.1) is 0 Å². The minimum Gasteiger partial charge on any atom is -0.459 e. The van der Waals surface area contributed by atoms with Crippen LogP contribution in [0.4, 0.5) is 4.79 Å². The highest BCUT2D eigenvalue weighted by Crippen LogP contribution is 2.06. The summed E-state index contributed by atoms with van der Waals surface area (Å²) in [6, 6.07) is 3.22. The highest BCUT2D eigenvalue weighted by atomic mass is 16.6. The third kappa shape index (κ3) is 8.82. The van der Waals surface area contributed by atoms with E-state index in [0.717, 1.165) is 0 Å². The first-order chi connectivity index (χ1) is 11.3. The van der Waals surface area contributed by atoms with Crippen molar-refractivity contribution in [3.8, 4) is 0 Å². The molecule has 24 heavy (non-hydrogen) atoms. The monoisotopic (exact) mass is 339 g/mol. The number of amides is 3. The molecule has 0 bridgehead atoms. The summed E-state index contributed by atoms with van der Waals surface area (Å²) >= 11 is 0. The molecular formula is C16H25N3O5. The molecule has 0 saturated heterocycles. The topological polar surface area (TPSA) is 110 Å². The Morgan fingerprint density at radius 2 is 1.79 bits per heavy atom. The van der Waals surface area contributed by atoms with E-state index in [2.05, 4.69) is 16.0 Å². The van der Waals surface area contributed by atoms with E-state index in [4.69, 9.17) is 9.15 Å². The minimum absolute atomic E-state index is 0.165. The van der Waals surface area contributed by atoms with Gasteiger partial charge in [0.15, 0.2) is 5.76 Å². The maximum atomic E-state index is 11.6. The van der Waals surface area contributed by atoms with Crippen LogP contribution in [-0.2, 0) is 9.53 Å². The molecule has 8 heteroatoms. The number of ether oxygens (including phenoxy) is 1. The quantitative estimate of drug-likeness (QED) is 0.621. The normalized spacial score (nSPS) is 10.8. The maximum absolute atomic E-state index is 11.6. The van der Waals surface area contributed by atoms with Gasteiger partial charge in [0, 0.05) is 26.1 Å². The second kappa shape index (κ2) is 9.59. The zero-order valence-electron chi connectivity index (χ0n) is 14.3. The molecule has 0 aliphatic carbocycles. The van der Waals surface area contributed by atoms with Gasteiger partial charge in [-0.1, -0.05) is 0 Å². The van der Waals surface area contributed by atoms with E-state index >= 15 is 0 Å². The van der Waals surface area contributed by atoms with Gasteiger partial charge in [0.25, 0.3) is 5.91 Å². The SMILES string of the molecule is CC(C)(C)OC(=O)NCCC(=O)NCCCNC(=O)c1ccco1. The van der Waals surface area contributed by atoms with Crippen LogP contribution < -0.4 is 16.0 Å². The van der Waals surface area contributed by atoms with Crippen LogP contribution in [0.3, 0.4) is 0 Å². The van der Waals surface area contributed by atoms with E-state index in [1.807, 2.05) is 0 Å². The first-order valence-electron chi connectivity index (χ1n) is 7.83. The Morgan fingerprint density at radius 1 is 1.08 bits per heavy atom. The van der Waals surface area contributed by atoms with Crippen molar-refractivity contribution in [1.82, 2.24) is 16.0 Å². The fraction of sp³-hybridized carbons (Fsp3) is 0.562. The van der Waals surface area contributed by atoms with Crippen LogP contribution >= 0.6 is 0 Å². The molecule has 0 unspecified atom stereocenters. The van der Waals surface area contributed by atoms with Crippen LogP contribution in [0, 0.1) is 0 Å². The Hall–Kier alpha value is -2.51. The standard InChI is InChI=1S/C16H25N3O5/c1-16(2,3)24-15(22)19-10-7-13(20)17-8-5-9-18-14(21)12-6-4-11-23-12/h4,6,11H,5,7-10H2,1-3H3,(H,17,20)(H,18,21)(H,19,22). The highest BCUT2D eigenvalue weighted by molar-refractivity contribution is 5.91. The number of rotatable bonds is 8. The predicted octanol–water partition coefficient (Wildman–Crippen LogP) is 1.43. The molecule has 0 aliphatic rings. The molecule has 0 aliphatic heterocycles. The smallest absolute Gasteiger partial charge is 0.407 e. The average Bonchev–Trinajstić information content (AvgIpc) is 2.99. The molecule has 3 N–H and O–H groups in total. The van der Waals surface area contributed by atoms with E-state index in [-0.39, 0.29) is 30.5 Å². The molecule has 134 valence electrons. The van der Waals surface area contributed by atoms with Gasteiger partial charge in [-0.3, -0.25) is 9.59 Å². The highest BCUT2D eigenvalue weighted by Gasteiger charge is 2.15. The second-order valence-corrected chi connectivity index (χ2v) is 6.12. The van der Waals surface area contributed by atoms with Gasteiger partial charge >= 0.3 is 6.09 Å². The second-order valence-electron chi connectivity index (χ2n) is 6.12. The molecule has 1 heterocycles. The summed E-state index contributed by atoms with van der Waals surface area (Å²) in [7, 11) is 0. The third-order valence-corrected chi connectivity index (χ3v) is 2.73. The van der Waals surface area contributed by atoms with E-state index < -0.39 is 11.7 Å². The lowest BCUT2D eigenvalue weighted by Gasteiger charge is -2.19. The minimum atomic E-state index is -0.563. The predicted molar refractivity (Wildman–Crippen MR) is 87.5 cm³/mol. The molecule has 8 nitrogen and oxygen atoms in total. The molecule has 1 aromatic heterocycles. The summed E-state index contributed by atoms with van der Waals surface area (Å²) in [5.74, 6) is -0.205. The van der Waals surface area contributed by atoms with Gasteiger partial charge in [-0.05, 0) is 39.3 Å². The molecule has 1 aromatic rings. The first-order valence-corrected chi connectivity index (χ1v) is 7.83. The first kappa shape index (κ1) is 19.5. The van der Waals surface area contributed by atoms with Crippen LogP contribution in [-0.4, -0.2) is 43.1 Å². The summed E-state index contributed by atoms with van der Waals surface area (Å²) in [6.07, 6.45) is 1.65. The van der Waals surface area contributed by atoms with Gasteiger partial charge in [-0.2, -0.15) is 0 Å². The lowest BCUT2D eigenvalue weighted by Crippen LogP contribution is -2.35. The number of furan rings is 1. The number of carbonyl (C=O) groups excluding carboxylic acids is 3. The summed E-state index contributed by atoms with van der Waals surface area (Å²) in [6.45, 7) is 6.37. The molecule has 0 atom stereocenters. The van der Waals surface area contributed by atoms with Crippen LogP contribution in [0.25, 0.3) is 0 Å². The Bertz CT molecular complexity index is 534. The average molecular weight is 339 g/mol. The summed E-state index contributed by atoms with van der Waals surface area (Å²) < 4.78 is 10.0. The van der Waals surface area contributed by atoms with Crippen molar-refractivity contribution in [1.29, 1.82) is 0 Å². The van der Waals surface area contributed by atoms with Crippen molar-refractivity contribution < 1.29 is 23.5 Å². The Morgan fingerprint density at radius 3 is 2.42 bits per heavy atom. The summed E-state index contributed by atoms with van der Waals surface area (Å²) in [4.78, 5) is 34.5. The maximum Gasteiger partial charge on any atom is 0.407 e. The van der Waals surface area contributed by atoms with Crippen LogP contribution in [0.2, 0.25) is 0 Å². The summed E-state index contributed by atoms with van der Waals surface area (Å²) in [5.41, 5.74) is -0.563. The van der Waals surface area contributed by atoms with E-state index in [9.17, 15) is 14.4 Å². The zero-order chi connectivity index (χ0) is 18.0. The number of carbonyl (C=O) groups is 3. The number of alkyl carbamates (subject to hydrolysis) is 1. The van der Waals surface area contributed by atoms with Gasteiger partial charge in [0.2, 0.25) is 5.91 Å². The Labute approximate surface area is 141 Å². The van der Waals surface area contributed by atoms with E-state index in [0.29, 0.717) is 19.5 Å². The molecule has 1 rings (SSSR count). The fourth-order valence-corrected chi connectivity index (χ4v) is 1.69. The van der Waals surface area contributed by atoms with Crippen molar-refractivity contribution in [3.63, 3.8) is 0 Å². The largest absolute Gasteiger partial charge is 0.459 e. The molecule has 0 spiro atoms. The molecule has 0 fully saturated rings. The molecule has 0 radical (unpaired) electrons. The molecule has 3 amide bonds. The fourth-order valence-electron chi connectivity index (χ4n) is 1.69. The Balaban J connectivity index is 2.02. The lowest BCUT2D eigenvalue weighted by atomic mass is 10.2. The van der Waals surface area contributed by atoms with Crippen molar-refractivity contribution in [2.75, 3.05) is 19.6 Å². The zero-order valence-corrected chi connectivity index (χ0v) is 14.3. The van der Waals surface area contributed by atoms with Gasteiger partial charge in [0.05, 0.1) is 6.26 Å². The van der Waals surface area contributed by atoms with Crippen LogP contribution in [0.1, 0.15) is 44.2 Å². The van der Waals surface area contributed by atoms with Gasteiger partial charge < -0.3 is 25.1 Å². The number of hydrogen-bond acceptors (Lipinski definition) is 5. The van der Waals surface area contributed by atoms with E-state index in [1.165, 1.54) is 6.26 Å². The Kier molecular flexibility index (Phi) is 7.81. The van der Waals surface area contributed by atoms with E-state index in [1.54, 1.807) is 32.9 Å².